The summed E-state index contributed by atoms with van der Waals surface area (Å²) in [6.07, 6.45) is 2.66. The van der Waals surface area contributed by atoms with E-state index in [1.807, 2.05) is 11.8 Å². The largest absolute Gasteiger partial charge is 0.390 e. The van der Waals surface area contributed by atoms with Crippen LogP contribution < -0.4 is 5.73 Å². The number of anilines is 1. The van der Waals surface area contributed by atoms with Gasteiger partial charge in [-0.1, -0.05) is 0 Å². The van der Waals surface area contributed by atoms with Crippen molar-refractivity contribution in [2.45, 2.75) is 50.9 Å². The van der Waals surface area contributed by atoms with Gasteiger partial charge in [-0.15, -0.1) is 0 Å². The van der Waals surface area contributed by atoms with Gasteiger partial charge in [0.25, 0.3) is 0 Å². The zero-order valence-electron chi connectivity index (χ0n) is 13.0. The molecule has 1 spiro atoms. The standard InChI is InChI=1S/C15H24N4O3/c1-11-9-13(16)19(17-11)10-14(21)18-6-4-15(5-7-18)12(20)3-2-8-22-15/h9,12,20H,2-8,10,16H2,1H3/t12-/m1/s1. The number of rotatable bonds is 2. The Hall–Kier alpha value is -1.60. The minimum atomic E-state index is -0.448. The fourth-order valence-corrected chi connectivity index (χ4v) is 3.44. The Morgan fingerprint density at radius 1 is 1.55 bits per heavy atom. The summed E-state index contributed by atoms with van der Waals surface area (Å²) in [6, 6.07) is 1.75. The molecule has 0 bridgehead atoms. The molecule has 7 nitrogen and oxygen atoms in total. The molecular formula is C15H24N4O3. The zero-order valence-corrected chi connectivity index (χ0v) is 13.0. The predicted molar refractivity (Wildman–Crippen MR) is 81.1 cm³/mol. The summed E-state index contributed by atoms with van der Waals surface area (Å²) in [7, 11) is 0. The molecule has 0 unspecified atom stereocenters. The van der Waals surface area contributed by atoms with Gasteiger partial charge in [0.05, 0.1) is 17.4 Å². The van der Waals surface area contributed by atoms with Crippen LogP contribution in [-0.4, -0.2) is 57.1 Å². The maximum atomic E-state index is 12.4. The van der Waals surface area contributed by atoms with Gasteiger partial charge in [-0.05, 0) is 32.6 Å². The van der Waals surface area contributed by atoms with Gasteiger partial charge < -0.3 is 20.5 Å². The Kier molecular flexibility index (Phi) is 4.10. The fourth-order valence-electron chi connectivity index (χ4n) is 3.44. The van der Waals surface area contributed by atoms with E-state index in [4.69, 9.17) is 10.5 Å². The lowest BCUT2D eigenvalue weighted by molar-refractivity contribution is -0.179. The average Bonchev–Trinajstić information content (AvgIpc) is 2.81. The number of aromatic nitrogens is 2. The van der Waals surface area contributed by atoms with Crippen LogP contribution in [0.2, 0.25) is 0 Å². The van der Waals surface area contributed by atoms with E-state index in [1.165, 1.54) is 4.68 Å². The van der Waals surface area contributed by atoms with Crippen LogP contribution >= 0.6 is 0 Å². The van der Waals surface area contributed by atoms with E-state index >= 15 is 0 Å². The van der Waals surface area contributed by atoms with Crippen molar-refractivity contribution in [3.63, 3.8) is 0 Å². The number of nitrogen functional groups attached to an aromatic ring is 1. The Morgan fingerprint density at radius 3 is 2.86 bits per heavy atom. The van der Waals surface area contributed by atoms with Crippen molar-refractivity contribution in [2.24, 2.45) is 0 Å². The molecule has 3 N–H and O–H groups in total. The summed E-state index contributed by atoms with van der Waals surface area (Å²) in [4.78, 5) is 14.2. The van der Waals surface area contributed by atoms with E-state index in [0.29, 0.717) is 38.4 Å². The van der Waals surface area contributed by atoms with Gasteiger partial charge >= 0.3 is 0 Å². The van der Waals surface area contributed by atoms with Gasteiger partial charge in [-0.2, -0.15) is 5.10 Å². The highest BCUT2D eigenvalue weighted by molar-refractivity contribution is 5.76. The number of nitrogens with two attached hydrogens (primary N) is 1. The second kappa shape index (κ2) is 5.89. The van der Waals surface area contributed by atoms with E-state index in [1.54, 1.807) is 6.07 Å². The summed E-state index contributed by atoms with van der Waals surface area (Å²) >= 11 is 0. The molecule has 1 amide bonds. The van der Waals surface area contributed by atoms with Crippen LogP contribution in [0.15, 0.2) is 6.07 Å². The minimum Gasteiger partial charge on any atom is -0.390 e. The predicted octanol–water partition coefficient (Wildman–Crippen LogP) is 0.306. The number of carbonyl (C=O) groups is 1. The Morgan fingerprint density at radius 2 is 2.27 bits per heavy atom. The first-order chi connectivity index (χ1) is 10.5. The van der Waals surface area contributed by atoms with Crippen molar-refractivity contribution in [1.29, 1.82) is 0 Å². The molecule has 7 heteroatoms. The summed E-state index contributed by atoms with van der Waals surface area (Å²) in [6.45, 7) is 3.93. The van der Waals surface area contributed by atoms with Crippen LogP contribution in [0.25, 0.3) is 0 Å². The van der Waals surface area contributed by atoms with E-state index in [2.05, 4.69) is 5.10 Å². The molecule has 3 rings (SSSR count). The van der Waals surface area contributed by atoms with Crippen LogP contribution in [0.1, 0.15) is 31.4 Å². The normalized spacial score (nSPS) is 24.6. The number of aliphatic hydroxyl groups excluding tert-OH is 1. The summed E-state index contributed by atoms with van der Waals surface area (Å²) in [5.41, 5.74) is 6.18. The van der Waals surface area contributed by atoms with Crippen LogP contribution in [0.4, 0.5) is 5.82 Å². The molecule has 22 heavy (non-hydrogen) atoms. The third-order valence-corrected chi connectivity index (χ3v) is 4.80. The van der Waals surface area contributed by atoms with Crippen molar-refractivity contribution < 1.29 is 14.6 Å². The van der Waals surface area contributed by atoms with Crippen molar-refractivity contribution in [1.82, 2.24) is 14.7 Å². The lowest BCUT2D eigenvalue weighted by Crippen LogP contribution is -2.56. The van der Waals surface area contributed by atoms with Gasteiger partial charge in [-0.3, -0.25) is 4.79 Å². The zero-order chi connectivity index (χ0) is 15.7. The van der Waals surface area contributed by atoms with Gasteiger partial charge in [0.15, 0.2) is 0 Å². The average molecular weight is 308 g/mol. The third kappa shape index (κ3) is 2.83. The highest BCUT2D eigenvalue weighted by Gasteiger charge is 2.44. The highest BCUT2D eigenvalue weighted by Crippen LogP contribution is 2.35. The number of piperidine rings is 1. The van der Waals surface area contributed by atoms with E-state index in [-0.39, 0.29) is 12.5 Å². The SMILES string of the molecule is Cc1cc(N)n(CC(=O)N2CCC3(CC2)OCCC[C@H]3O)n1. The fraction of sp³-hybridized carbons (Fsp3) is 0.733. The molecule has 3 heterocycles. The van der Waals surface area contributed by atoms with Gasteiger partial charge in [0.2, 0.25) is 5.91 Å². The molecule has 1 atom stereocenters. The number of aryl methyl sites for hydroxylation is 1. The van der Waals surface area contributed by atoms with Crippen molar-refractivity contribution in [2.75, 3.05) is 25.4 Å². The van der Waals surface area contributed by atoms with Gasteiger partial charge in [-0.25, -0.2) is 4.68 Å². The number of aliphatic hydroxyl groups is 1. The smallest absolute Gasteiger partial charge is 0.244 e. The number of amides is 1. The number of hydrogen-bond acceptors (Lipinski definition) is 5. The van der Waals surface area contributed by atoms with Crippen LogP contribution in [-0.2, 0) is 16.1 Å². The van der Waals surface area contributed by atoms with Crippen LogP contribution in [0.3, 0.4) is 0 Å². The van der Waals surface area contributed by atoms with Gasteiger partial charge in [0.1, 0.15) is 12.4 Å². The number of likely N-dealkylation sites (tertiary alicyclic amines) is 1. The molecule has 2 saturated heterocycles. The molecule has 2 aliphatic heterocycles. The monoisotopic (exact) mass is 308 g/mol. The molecule has 2 fully saturated rings. The summed E-state index contributed by atoms with van der Waals surface area (Å²) < 4.78 is 7.40. The first-order valence-corrected chi connectivity index (χ1v) is 7.90. The van der Waals surface area contributed by atoms with Crippen molar-refractivity contribution in [3.8, 4) is 0 Å². The maximum absolute atomic E-state index is 12.4. The van der Waals surface area contributed by atoms with Gasteiger partial charge in [0, 0.05) is 25.8 Å². The third-order valence-electron chi connectivity index (χ3n) is 4.80. The molecule has 0 radical (unpaired) electrons. The lowest BCUT2D eigenvalue weighted by atomic mass is 9.82. The molecule has 0 aliphatic carbocycles. The molecular weight excluding hydrogens is 284 g/mol. The van der Waals surface area contributed by atoms with Crippen molar-refractivity contribution in [3.05, 3.63) is 11.8 Å². The Labute approximate surface area is 130 Å². The molecule has 1 aromatic rings. The molecule has 0 aromatic carbocycles. The minimum absolute atomic E-state index is 0.00921. The summed E-state index contributed by atoms with van der Waals surface area (Å²) in [5, 5.41) is 14.4. The van der Waals surface area contributed by atoms with E-state index in [9.17, 15) is 9.90 Å². The second-order valence-electron chi connectivity index (χ2n) is 6.32. The van der Waals surface area contributed by atoms with E-state index in [0.717, 1.165) is 18.5 Å². The Bertz CT molecular complexity index is 549. The molecule has 122 valence electrons. The van der Waals surface area contributed by atoms with Crippen molar-refractivity contribution >= 4 is 11.7 Å². The molecule has 1 aromatic heterocycles. The molecule has 0 saturated carbocycles. The Balaban J connectivity index is 1.59. The maximum Gasteiger partial charge on any atom is 0.244 e. The number of hydrogen-bond donors (Lipinski definition) is 2. The summed E-state index contributed by atoms with van der Waals surface area (Å²) in [5.74, 6) is 0.514. The highest BCUT2D eigenvalue weighted by atomic mass is 16.5. The van der Waals surface area contributed by atoms with E-state index < -0.39 is 11.7 Å². The number of carbonyl (C=O) groups excluding carboxylic acids is 1. The first kappa shape index (κ1) is 15.3. The van der Waals surface area contributed by atoms with Crippen LogP contribution in [0, 0.1) is 6.92 Å². The number of nitrogens with zero attached hydrogens (tertiary/aromatic N) is 3. The van der Waals surface area contributed by atoms with Crippen LogP contribution in [0.5, 0.6) is 0 Å². The first-order valence-electron chi connectivity index (χ1n) is 7.90. The topological polar surface area (TPSA) is 93.6 Å². The molecule has 2 aliphatic rings. The second-order valence-corrected chi connectivity index (χ2v) is 6.32. The quantitative estimate of drug-likeness (QED) is 0.820. The number of ether oxygens (including phenoxy) is 1. The lowest BCUT2D eigenvalue weighted by Gasteiger charge is -2.46.